The van der Waals surface area contributed by atoms with Gasteiger partial charge in [-0.3, -0.25) is 4.79 Å². The summed E-state index contributed by atoms with van der Waals surface area (Å²) in [6, 6.07) is 8.28. The fourth-order valence-corrected chi connectivity index (χ4v) is 3.61. The highest BCUT2D eigenvalue weighted by Crippen LogP contribution is 2.41. The molecule has 4 rings (SSSR count). The van der Waals surface area contributed by atoms with Gasteiger partial charge in [-0.15, -0.1) is 0 Å². The number of ether oxygens (including phenoxy) is 1. The Labute approximate surface area is 190 Å². The lowest BCUT2D eigenvalue weighted by Crippen LogP contribution is -2.37. The van der Waals surface area contributed by atoms with E-state index < -0.39 is 5.82 Å². The van der Waals surface area contributed by atoms with E-state index in [1.807, 2.05) is 13.1 Å². The summed E-state index contributed by atoms with van der Waals surface area (Å²) in [5.74, 6) is 0.130. The van der Waals surface area contributed by atoms with Crippen LogP contribution < -0.4 is 15.0 Å². The molecule has 2 heterocycles. The van der Waals surface area contributed by atoms with E-state index in [9.17, 15) is 9.18 Å². The van der Waals surface area contributed by atoms with Crippen LogP contribution in [0.3, 0.4) is 0 Å². The molecule has 0 aliphatic carbocycles. The van der Waals surface area contributed by atoms with Crippen molar-refractivity contribution in [2.24, 2.45) is 0 Å². The number of fused-ring (bicyclic) bond motifs is 3. The summed E-state index contributed by atoms with van der Waals surface area (Å²) in [5, 5.41) is 3.56. The normalized spacial score (nSPS) is 13.5. The molecule has 1 amide bonds. The Morgan fingerprint density at radius 3 is 3.00 bits per heavy atom. The van der Waals surface area contributed by atoms with E-state index in [4.69, 9.17) is 16.3 Å². The van der Waals surface area contributed by atoms with Gasteiger partial charge in [-0.1, -0.05) is 30.7 Å². The van der Waals surface area contributed by atoms with E-state index in [1.54, 1.807) is 35.2 Å². The number of aromatic nitrogens is 2. The first kappa shape index (κ1) is 22.0. The Bertz CT molecular complexity index is 1190. The monoisotopic (exact) mass is 455 g/mol. The summed E-state index contributed by atoms with van der Waals surface area (Å²) in [6.07, 6.45) is 4.81. The van der Waals surface area contributed by atoms with Gasteiger partial charge in [-0.05, 0) is 37.9 Å². The smallest absolute Gasteiger partial charge is 0.250 e. The highest BCUT2D eigenvalue weighted by molar-refractivity contribution is 6.31. The number of carbonyl (C=O) groups is 1. The van der Waals surface area contributed by atoms with Gasteiger partial charge in [0.2, 0.25) is 0 Å². The summed E-state index contributed by atoms with van der Waals surface area (Å²) in [7, 11) is 1.99. The van der Waals surface area contributed by atoms with Gasteiger partial charge in [0.05, 0.1) is 33.8 Å². The molecule has 0 unspecified atom stereocenters. The van der Waals surface area contributed by atoms with Crippen LogP contribution in [0.25, 0.3) is 10.9 Å². The Kier molecular flexibility index (Phi) is 6.53. The summed E-state index contributed by atoms with van der Waals surface area (Å²) in [4.78, 5) is 25.2. The van der Waals surface area contributed by atoms with Gasteiger partial charge in [0, 0.05) is 12.6 Å². The molecule has 0 spiro atoms. The third kappa shape index (κ3) is 4.37. The fourth-order valence-electron chi connectivity index (χ4n) is 3.43. The molecular weight excluding hydrogens is 433 g/mol. The average Bonchev–Trinajstić information content (AvgIpc) is 2.81. The van der Waals surface area contributed by atoms with E-state index in [1.165, 1.54) is 12.4 Å². The molecule has 0 atom stereocenters. The van der Waals surface area contributed by atoms with Crippen molar-refractivity contribution < 1.29 is 13.9 Å². The Balaban J connectivity index is 1.72. The minimum atomic E-state index is -0.578. The summed E-state index contributed by atoms with van der Waals surface area (Å²) >= 11 is 5.91. The molecule has 32 heavy (non-hydrogen) atoms. The summed E-state index contributed by atoms with van der Waals surface area (Å²) in [6.45, 7) is 4.38. The highest BCUT2D eigenvalue weighted by Gasteiger charge is 2.26. The first-order valence-corrected chi connectivity index (χ1v) is 10.7. The Morgan fingerprint density at radius 1 is 1.34 bits per heavy atom. The predicted molar refractivity (Wildman–Crippen MR) is 124 cm³/mol. The molecule has 1 N–H and O–H groups in total. The zero-order valence-corrected chi connectivity index (χ0v) is 18.6. The fraction of sp³-hybridized carbons (Fsp3) is 0.261. The number of hydrogen-bond acceptors (Lipinski definition) is 6. The van der Waals surface area contributed by atoms with Crippen LogP contribution in [0.15, 0.2) is 48.8 Å². The lowest BCUT2D eigenvalue weighted by Gasteiger charge is -2.30. The van der Waals surface area contributed by atoms with Crippen LogP contribution in [0.1, 0.15) is 6.92 Å². The largest absolute Gasteiger partial charge is 0.489 e. The second-order valence-corrected chi connectivity index (χ2v) is 7.76. The van der Waals surface area contributed by atoms with Crippen LogP contribution in [0.2, 0.25) is 5.02 Å². The van der Waals surface area contributed by atoms with E-state index in [-0.39, 0.29) is 16.6 Å². The van der Waals surface area contributed by atoms with Crippen LogP contribution in [0, 0.1) is 5.82 Å². The number of likely N-dealkylation sites (N-methyl/N-ethyl adjacent to an activating group) is 1. The molecule has 7 nitrogen and oxygen atoms in total. The van der Waals surface area contributed by atoms with E-state index in [2.05, 4.69) is 27.1 Å². The molecule has 0 saturated heterocycles. The van der Waals surface area contributed by atoms with Crippen molar-refractivity contribution in [3.8, 4) is 5.75 Å². The molecule has 1 aliphatic heterocycles. The third-order valence-corrected chi connectivity index (χ3v) is 5.57. The van der Waals surface area contributed by atoms with Gasteiger partial charge in [0.25, 0.3) is 5.91 Å². The summed E-state index contributed by atoms with van der Waals surface area (Å²) in [5.41, 5.74) is 1.41. The summed E-state index contributed by atoms with van der Waals surface area (Å²) < 4.78 is 20.4. The molecule has 2 aromatic carbocycles. The van der Waals surface area contributed by atoms with Crippen molar-refractivity contribution in [1.82, 2.24) is 14.9 Å². The predicted octanol–water partition coefficient (Wildman–Crippen LogP) is 4.40. The van der Waals surface area contributed by atoms with Crippen LogP contribution in [0.5, 0.6) is 5.75 Å². The van der Waals surface area contributed by atoms with Crippen molar-refractivity contribution in [3.05, 3.63) is 59.7 Å². The van der Waals surface area contributed by atoms with Crippen molar-refractivity contribution in [2.75, 3.05) is 43.5 Å². The maximum absolute atomic E-state index is 14.5. The molecule has 0 fully saturated rings. The quantitative estimate of drug-likeness (QED) is 0.555. The number of benzene rings is 2. The number of carbonyl (C=O) groups excluding carboxylic acids is 1. The zero-order valence-electron chi connectivity index (χ0n) is 17.8. The number of nitrogens with zero attached hydrogens (tertiary/aromatic N) is 4. The number of halogens is 2. The molecule has 166 valence electrons. The Morgan fingerprint density at radius 2 is 2.19 bits per heavy atom. The van der Waals surface area contributed by atoms with Crippen LogP contribution in [0.4, 0.5) is 21.6 Å². The van der Waals surface area contributed by atoms with Gasteiger partial charge < -0.3 is 19.9 Å². The number of amides is 1. The number of rotatable bonds is 6. The molecule has 0 saturated carbocycles. The molecule has 0 bridgehead atoms. The van der Waals surface area contributed by atoms with E-state index in [0.29, 0.717) is 47.9 Å². The second kappa shape index (κ2) is 9.50. The topological polar surface area (TPSA) is 70.6 Å². The highest BCUT2D eigenvalue weighted by atomic mass is 35.5. The SMILES string of the molecule is CCN(C)C/C=C/C(=O)N1CCOc2c1ccc1ncnc(Nc3cccc(Cl)c3F)c21. The lowest BCUT2D eigenvalue weighted by molar-refractivity contribution is -0.114. The van der Waals surface area contributed by atoms with Gasteiger partial charge >= 0.3 is 0 Å². The van der Waals surface area contributed by atoms with Gasteiger partial charge in [0.15, 0.2) is 11.6 Å². The van der Waals surface area contributed by atoms with Crippen molar-refractivity contribution in [3.63, 3.8) is 0 Å². The standard InChI is InChI=1S/C23H23ClFN5O2/c1-3-29(2)11-5-8-19(31)30-12-13-32-22-18(30)10-9-16-20(22)23(27-14-26-16)28-17-7-4-6-15(24)21(17)25/h4-10,14H,3,11-13H2,1-2H3,(H,26,27,28)/b8-5+. The zero-order chi connectivity index (χ0) is 22.7. The number of hydrogen-bond donors (Lipinski definition) is 1. The molecule has 1 aromatic heterocycles. The third-order valence-electron chi connectivity index (χ3n) is 5.28. The lowest BCUT2D eigenvalue weighted by atomic mass is 10.1. The average molecular weight is 456 g/mol. The van der Waals surface area contributed by atoms with E-state index >= 15 is 0 Å². The van der Waals surface area contributed by atoms with E-state index in [0.717, 1.165) is 6.54 Å². The van der Waals surface area contributed by atoms with Crippen LogP contribution in [-0.4, -0.2) is 54.1 Å². The van der Waals surface area contributed by atoms with Crippen LogP contribution in [-0.2, 0) is 4.79 Å². The van der Waals surface area contributed by atoms with Crippen molar-refractivity contribution >= 4 is 45.6 Å². The second-order valence-electron chi connectivity index (χ2n) is 7.35. The maximum atomic E-state index is 14.5. The Hall–Kier alpha value is -3.23. The van der Waals surface area contributed by atoms with Crippen LogP contribution >= 0.6 is 11.6 Å². The number of anilines is 3. The number of nitrogens with one attached hydrogen (secondary N) is 1. The molecule has 0 radical (unpaired) electrons. The van der Waals surface area contributed by atoms with Gasteiger partial charge in [-0.2, -0.15) is 0 Å². The maximum Gasteiger partial charge on any atom is 0.250 e. The van der Waals surface area contributed by atoms with Crippen molar-refractivity contribution in [2.45, 2.75) is 6.92 Å². The molecule has 9 heteroatoms. The van der Waals surface area contributed by atoms with Crippen molar-refractivity contribution in [1.29, 1.82) is 0 Å². The molecular formula is C23H23ClFN5O2. The molecule has 3 aromatic rings. The van der Waals surface area contributed by atoms with Gasteiger partial charge in [-0.25, -0.2) is 14.4 Å². The minimum Gasteiger partial charge on any atom is -0.489 e. The van der Waals surface area contributed by atoms with Gasteiger partial charge in [0.1, 0.15) is 18.8 Å². The first-order valence-electron chi connectivity index (χ1n) is 10.3. The minimum absolute atomic E-state index is 0.00363. The molecule has 1 aliphatic rings. The first-order chi connectivity index (χ1) is 15.5.